The molecule has 1 aromatic carbocycles. The van der Waals surface area contributed by atoms with E-state index < -0.39 is 5.97 Å². The van der Waals surface area contributed by atoms with Crippen molar-refractivity contribution in [3.8, 4) is 5.75 Å². The van der Waals surface area contributed by atoms with Crippen molar-refractivity contribution in [2.45, 2.75) is 13.3 Å². The van der Waals surface area contributed by atoms with Gasteiger partial charge in [-0.1, -0.05) is 22.9 Å². The zero-order valence-electron chi connectivity index (χ0n) is 8.91. The molecule has 0 aromatic heterocycles. The molecule has 0 aliphatic heterocycles. The van der Waals surface area contributed by atoms with E-state index in [1.165, 1.54) is 13.2 Å². The normalized spacial score (nSPS) is 9.94. The Kier molecular flexibility index (Phi) is 4.06. The van der Waals surface area contributed by atoms with Gasteiger partial charge >= 0.3 is 5.97 Å². The van der Waals surface area contributed by atoms with E-state index in [9.17, 15) is 9.59 Å². The fraction of sp³-hybridized carbons (Fsp3) is 0.273. The van der Waals surface area contributed by atoms with Gasteiger partial charge < -0.3 is 9.84 Å². The van der Waals surface area contributed by atoms with Crippen LogP contribution in [0.2, 0.25) is 0 Å². The van der Waals surface area contributed by atoms with Crippen LogP contribution in [-0.2, 0) is 0 Å². The third-order valence-corrected chi connectivity index (χ3v) is 2.57. The number of hydrogen-bond acceptors (Lipinski definition) is 3. The molecule has 0 amide bonds. The molecule has 4 nitrogen and oxygen atoms in total. The standard InChI is InChI=1S/C11H11BrO4/c1-3-9(13)7-4-6(12)5-8(11(14)15)10(7)16-2/h4-5H,3H2,1-2H3,(H,14,15). The van der Waals surface area contributed by atoms with Gasteiger partial charge in [0.05, 0.1) is 12.7 Å². The third kappa shape index (κ3) is 2.41. The highest BCUT2D eigenvalue weighted by Gasteiger charge is 2.19. The minimum atomic E-state index is -1.12. The lowest BCUT2D eigenvalue weighted by molar-refractivity contribution is 0.0693. The summed E-state index contributed by atoms with van der Waals surface area (Å²) in [5.74, 6) is -1.16. The first-order chi connectivity index (χ1) is 7.51. The molecule has 0 radical (unpaired) electrons. The Labute approximate surface area is 101 Å². The summed E-state index contributed by atoms with van der Waals surface area (Å²) in [6, 6.07) is 2.98. The van der Waals surface area contributed by atoms with Crippen molar-refractivity contribution >= 4 is 27.7 Å². The summed E-state index contributed by atoms with van der Waals surface area (Å²) in [7, 11) is 1.35. The molecule has 16 heavy (non-hydrogen) atoms. The second-order valence-electron chi connectivity index (χ2n) is 3.12. The molecule has 0 saturated carbocycles. The molecule has 0 unspecified atom stereocenters. The Morgan fingerprint density at radius 2 is 1.94 bits per heavy atom. The Morgan fingerprint density at radius 3 is 2.38 bits per heavy atom. The van der Waals surface area contributed by atoms with Gasteiger partial charge in [0.15, 0.2) is 5.78 Å². The van der Waals surface area contributed by atoms with Crippen molar-refractivity contribution in [1.82, 2.24) is 0 Å². The quantitative estimate of drug-likeness (QED) is 0.865. The average Bonchev–Trinajstić information content (AvgIpc) is 2.26. The van der Waals surface area contributed by atoms with Gasteiger partial charge in [-0.2, -0.15) is 0 Å². The molecule has 5 heteroatoms. The molecule has 0 heterocycles. The fourth-order valence-electron chi connectivity index (χ4n) is 1.37. The average molecular weight is 287 g/mol. The number of methoxy groups -OCH3 is 1. The minimum Gasteiger partial charge on any atom is -0.495 e. The summed E-state index contributed by atoms with van der Waals surface area (Å²) in [5.41, 5.74) is 0.269. The van der Waals surface area contributed by atoms with E-state index in [1.807, 2.05) is 0 Å². The number of ether oxygens (including phenoxy) is 1. The number of carbonyl (C=O) groups excluding carboxylic acids is 1. The van der Waals surface area contributed by atoms with Gasteiger partial charge in [0, 0.05) is 10.9 Å². The van der Waals surface area contributed by atoms with Crippen LogP contribution in [-0.4, -0.2) is 24.0 Å². The monoisotopic (exact) mass is 286 g/mol. The smallest absolute Gasteiger partial charge is 0.339 e. The zero-order valence-corrected chi connectivity index (χ0v) is 10.5. The zero-order chi connectivity index (χ0) is 12.3. The summed E-state index contributed by atoms with van der Waals surface area (Å²) in [6.45, 7) is 1.71. The molecule has 0 bridgehead atoms. The maximum atomic E-state index is 11.6. The number of hydrogen-bond donors (Lipinski definition) is 1. The Balaban J connectivity index is 3.48. The van der Waals surface area contributed by atoms with Crippen LogP contribution in [0.5, 0.6) is 5.75 Å². The van der Waals surface area contributed by atoms with Gasteiger partial charge in [-0.25, -0.2) is 4.79 Å². The maximum absolute atomic E-state index is 11.6. The molecule has 1 aromatic rings. The second kappa shape index (κ2) is 5.12. The molecule has 0 saturated heterocycles. The molecule has 1 N–H and O–H groups in total. The van der Waals surface area contributed by atoms with Crippen LogP contribution in [0.4, 0.5) is 0 Å². The molecular formula is C11H11BrO4. The van der Waals surface area contributed by atoms with Gasteiger partial charge in [-0.05, 0) is 12.1 Å². The van der Waals surface area contributed by atoms with Gasteiger partial charge in [0.1, 0.15) is 11.3 Å². The van der Waals surface area contributed by atoms with E-state index in [-0.39, 0.29) is 22.7 Å². The fourth-order valence-corrected chi connectivity index (χ4v) is 1.83. The molecular weight excluding hydrogens is 276 g/mol. The van der Waals surface area contributed by atoms with Crippen molar-refractivity contribution in [3.63, 3.8) is 0 Å². The first kappa shape index (κ1) is 12.7. The maximum Gasteiger partial charge on any atom is 0.339 e. The van der Waals surface area contributed by atoms with E-state index in [4.69, 9.17) is 9.84 Å². The molecule has 86 valence electrons. The first-order valence-corrected chi connectivity index (χ1v) is 5.44. The van der Waals surface area contributed by atoms with Crippen molar-refractivity contribution in [2.24, 2.45) is 0 Å². The van der Waals surface area contributed by atoms with Crippen LogP contribution in [0.15, 0.2) is 16.6 Å². The molecule has 0 spiro atoms. The van der Waals surface area contributed by atoms with E-state index in [2.05, 4.69) is 15.9 Å². The lowest BCUT2D eigenvalue weighted by atomic mass is 10.0. The van der Waals surface area contributed by atoms with Gasteiger partial charge in [-0.15, -0.1) is 0 Å². The van der Waals surface area contributed by atoms with Crippen LogP contribution in [0, 0.1) is 0 Å². The number of carboxylic acid groups (broad SMARTS) is 1. The largest absolute Gasteiger partial charge is 0.495 e. The molecule has 0 aliphatic rings. The summed E-state index contributed by atoms with van der Waals surface area (Å²) >= 11 is 3.17. The third-order valence-electron chi connectivity index (χ3n) is 2.11. The molecule has 1 rings (SSSR count). The SMILES string of the molecule is CCC(=O)c1cc(Br)cc(C(=O)O)c1OC. The number of ketones is 1. The topological polar surface area (TPSA) is 63.6 Å². The van der Waals surface area contributed by atoms with Crippen LogP contribution in [0.1, 0.15) is 34.1 Å². The van der Waals surface area contributed by atoms with Gasteiger partial charge in [-0.3, -0.25) is 4.79 Å². The number of Topliss-reactive ketones (excluding diaryl/α,β-unsaturated/α-hetero) is 1. The number of carboxylic acids is 1. The summed E-state index contributed by atoms with van der Waals surface area (Å²) in [6.07, 6.45) is 0.297. The Hall–Kier alpha value is -1.36. The first-order valence-electron chi connectivity index (χ1n) is 4.65. The van der Waals surface area contributed by atoms with Crippen LogP contribution in [0.25, 0.3) is 0 Å². The van der Waals surface area contributed by atoms with E-state index in [0.29, 0.717) is 10.9 Å². The number of benzene rings is 1. The Morgan fingerprint density at radius 1 is 1.38 bits per heavy atom. The summed E-state index contributed by atoms with van der Waals surface area (Å²) in [4.78, 5) is 22.6. The second-order valence-corrected chi connectivity index (χ2v) is 4.03. The summed E-state index contributed by atoms with van der Waals surface area (Å²) in [5, 5.41) is 8.99. The van der Waals surface area contributed by atoms with Crippen LogP contribution in [0.3, 0.4) is 0 Å². The highest BCUT2D eigenvalue weighted by Crippen LogP contribution is 2.29. The van der Waals surface area contributed by atoms with Crippen molar-refractivity contribution in [3.05, 3.63) is 27.7 Å². The number of aromatic carboxylic acids is 1. The predicted octanol–water partition coefficient (Wildman–Crippen LogP) is 2.75. The van der Waals surface area contributed by atoms with Crippen molar-refractivity contribution < 1.29 is 19.4 Å². The number of rotatable bonds is 4. The number of halogens is 1. The molecule has 0 atom stereocenters. The van der Waals surface area contributed by atoms with E-state index in [1.54, 1.807) is 13.0 Å². The van der Waals surface area contributed by atoms with Crippen LogP contribution < -0.4 is 4.74 Å². The van der Waals surface area contributed by atoms with Crippen molar-refractivity contribution in [1.29, 1.82) is 0 Å². The van der Waals surface area contributed by atoms with E-state index >= 15 is 0 Å². The minimum absolute atomic E-state index is 0.0197. The number of carbonyl (C=O) groups is 2. The van der Waals surface area contributed by atoms with Crippen molar-refractivity contribution in [2.75, 3.05) is 7.11 Å². The highest BCUT2D eigenvalue weighted by atomic mass is 79.9. The summed E-state index contributed by atoms with van der Waals surface area (Å²) < 4.78 is 5.54. The van der Waals surface area contributed by atoms with Gasteiger partial charge in [0.25, 0.3) is 0 Å². The lowest BCUT2D eigenvalue weighted by Gasteiger charge is -2.10. The lowest BCUT2D eigenvalue weighted by Crippen LogP contribution is -2.07. The van der Waals surface area contributed by atoms with E-state index in [0.717, 1.165) is 0 Å². The van der Waals surface area contributed by atoms with Crippen LogP contribution >= 0.6 is 15.9 Å². The molecule has 0 fully saturated rings. The molecule has 0 aliphatic carbocycles. The highest BCUT2D eigenvalue weighted by molar-refractivity contribution is 9.10. The predicted molar refractivity (Wildman–Crippen MR) is 62.3 cm³/mol. The Bertz CT molecular complexity index is 440. The van der Waals surface area contributed by atoms with Gasteiger partial charge in [0.2, 0.25) is 0 Å².